The van der Waals surface area contributed by atoms with Crippen LogP contribution in [0.5, 0.6) is 0 Å². The van der Waals surface area contributed by atoms with Crippen molar-refractivity contribution >= 4 is 40.8 Å². The van der Waals surface area contributed by atoms with Crippen molar-refractivity contribution < 1.29 is 4.79 Å². The molecule has 1 atom stereocenters. The van der Waals surface area contributed by atoms with Crippen LogP contribution < -0.4 is 20.9 Å². The van der Waals surface area contributed by atoms with E-state index in [-0.39, 0.29) is 11.9 Å². The van der Waals surface area contributed by atoms with Gasteiger partial charge in [-0.2, -0.15) is 0 Å². The number of carbonyl (C=O) groups is 1. The van der Waals surface area contributed by atoms with E-state index in [1.807, 2.05) is 18.2 Å². The minimum Gasteiger partial charge on any atom is -0.369 e. The topological polar surface area (TPSA) is 68.8 Å². The molecule has 3 N–H and O–H groups in total. The minimum absolute atomic E-state index is 0.187. The van der Waals surface area contributed by atoms with Crippen LogP contribution in [0.1, 0.15) is 16.8 Å². The molecule has 1 amide bonds. The van der Waals surface area contributed by atoms with Crippen molar-refractivity contribution in [3.8, 4) is 0 Å². The number of hydrogen-bond acceptors (Lipinski definition) is 3. The summed E-state index contributed by atoms with van der Waals surface area (Å²) < 4.78 is 0. The van der Waals surface area contributed by atoms with Gasteiger partial charge in [0, 0.05) is 50.0 Å². The van der Waals surface area contributed by atoms with Crippen molar-refractivity contribution in [3.05, 3.63) is 64.1 Å². The zero-order chi connectivity index (χ0) is 20.6. The van der Waals surface area contributed by atoms with E-state index < -0.39 is 0 Å². The Bertz CT molecular complexity index is 874. The first-order valence-corrected chi connectivity index (χ1v) is 10.3. The van der Waals surface area contributed by atoms with Gasteiger partial charge in [-0.1, -0.05) is 41.4 Å². The van der Waals surface area contributed by atoms with Crippen molar-refractivity contribution in [3.63, 3.8) is 0 Å². The van der Waals surface area contributed by atoms with Crippen LogP contribution in [0.3, 0.4) is 0 Å². The van der Waals surface area contributed by atoms with Crippen molar-refractivity contribution in [2.75, 3.05) is 38.1 Å². The number of guanidine groups is 1. The van der Waals surface area contributed by atoms with Crippen molar-refractivity contribution in [2.45, 2.75) is 12.5 Å². The quantitative estimate of drug-likeness (QED) is 0.371. The second-order valence-corrected chi connectivity index (χ2v) is 7.63. The van der Waals surface area contributed by atoms with E-state index >= 15 is 0 Å². The zero-order valence-electron chi connectivity index (χ0n) is 16.3. The number of rotatable bonds is 6. The predicted octanol–water partition coefficient (Wildman–Crippen LogP) is 3.17. The molecule has 0 saturated carbocycles. The standard InChI is InChI=1S/C21H25Cl2N5O/c1-24-21(26-11-10-25-20(29)18-7-2-3-8-19(18)23)27-16-9-12-28(14-16)17-6-4-5-15(22)13-17/h2-8,13,16H,9-12,14H2,1H3,(H,25,29)(H2,24,26,27). The van der Waals surface area contributed by atoms with Gasteiger partial charge in [0.1, 0.15) is 0 Å². The third-order valence-electron chi connectivity index (χ3n) is 4.75. The van der Waals surface area contributed by atoms with Crippen molar-refractivity contribution in [1.29, 1.82) is 0 Å². The molecule has 0 spiro atoms. The molecule has 1 unspecified atom stereocenters. The van der Waals surface area contributed by atoms with Gasteiger partial charge in [0.15, 0.2) is 5.96 Å². The molecule has 8 heteroatoms. The fraction of sp³-hybridized carbons (Fsp3) is 0.333. The summed E-state index contributed by atoms with van der Waals surface area (Å²) in [7, 11) is 1.74. The van der Waals surface area contributed by atoms with Gasteiger partial charge in [0.2, 0.25) is 0 Å². The van der Waals surface area contributed by atoms with E-state index in [1.54, 1.807) is 31.3 Å². The number of hydrogen-bond donors (Lipinski definition) is 3. The highest BCUT2D eigenvalue weighted by Gasteiger charge is 2.23. The molecule has 1 aliphatic heterocycles. The molecule has 154 valence electrons. The average Bonchev–Trinajstić information content (AvgIpc) is 3.19. The molecular formula is C21H25Cl2N5O. The van der Waals surface area contributed by atoms with Gasteiger partial charge < -0.3 is 20.9 Å². The van der Waals surface area contributed by atoms with Gasteiger partial charge in [0.25, 0.3) is 5.91 Å². The molecular weight excluding hydrogens is 409 g/mol. The predicted molar refractivity (Wildman–Crippen MR) is 120 cm³/mol. The van der Waals surface area contributed by atoms with Crippen LogP contribution in [0.25, 0.3) is 0 Å². The van der Waals surface area contributed by atoms with Gasteiger partial charge in [0.05, 0.1) is 10.6 Å². The van der Waals surface area contributed by atoms with Crippen LogP contribution in [-0.4, -0.2) is 51.1 Å². The van der Waals surface area contributed by atoms with Crippen molar-refractivity contribution in [2.24, 2.45) is 4.99 Å². The highest BCUT2D eigenvalue weighted by Crippen LogP contribution is 2.23. The number of amides is 1. The maximum absolute atomic E-state index is 12.2. The van der Waals surface area contributed by atoms with Crippen LogP contribution in [-0.2, 0) is 0 Å². The third-order valence-corrected chi connectivity index (χ3v) is 5.31. The van der Waals surface area contributed by atoms with E-state index in [9.17, 15) is 4.79 Å². The first kappa shape index (κ1) is 21.3. The maximum atomic E-state index is 12.2. The molecule has 1 fully saturated rings. The Kier molecular flexibility index (Phi) is 7.61. The molecule has 1 heterocycles. The molecule has 2 aromatic carbocycles. The lowest BCUT2D eigenvalue weighted by atomic mass is 10.2. The molecule has 29 heavy (non-hydrogen) atoms. The maximum Gasteiger partial charge on any atom is 0.252 e. The van der Waals surface area contributed by atoms with Gasteiger partial charge >= 0.3 is 0 Å². The molecule has 0 aliphatic carbocycles. The van der Waals surface area contributed by atoms with Crippen LogP contribution in [0, 0.1) is 0 Å². The Morgan fingerprint density at radius 1 is 1.14 bits per heavy atom. The number of nitrogens with zero attached hydrogens (tertiary/aromatic N) is 2. The number of benzene rings is 2. The first-order chi connectivity index (χ1) is 14.1. The smallest absolute Gasteiger partial charge is 0.252 e. The number of anilines is 1. The summed E-state index contributed by atoms with van der Waals surface area (Å²) in [5, 5.41) is 10.7. The van der Waals surface area contributed by atoms with E-state index in [0.717, 1.165) is 36.2 Å². The molecule has 1 aliphatic rings. The summed E-state index contributed by atoms with van der Waals surface area (Å²) >= 11 is 12.1. The number of nitrogens with one attached hydrogen (secondary N) is 3. The monoisotopic (exact) mass is 433 g/mol. The van der Waals surface area contributed by atoms with E-state index in [2.05, 4.69) is 31.9 Å². The van der Waals surface area contributed by atoms with E-state index in [0.29, 0.717) is 23.7 Å². The Morgan fingerprint density at radius 2 is 1.93 bits per heavy atom. The summed E-state index contributed by atoms with van der Waals surface area (Å²) in [6.07, 6.45) is 1.01. The van der Waals surface area contributed by atoms with Gasteiger partial charge in [-0.25, -0.2) is 0 Å². The molecule has 3 rings (SSSR count). The lowest BCUT2D eigenvalue weighted by Gasteiger charge is -2.20. The first-order valence-electron chi connectivity index (χ1n) is 9.57. The Morgan fingerprint density at radius 3 is 2.69 bits per heavy atom. The lowest BCUT2D eigenvalue weighted by Crippen LogP contribution is -2.46. The molecule has 0 radical (unpaired) electrons. The molecule has 2 aromatic rings. The highest BCUT2D eigenvalue weighted by atomic mass is 35.5. The lowest BCUT2D eigenvalue weighted by molar-refractivity contribution is 0.0954. The molecule has 0 aromatic heterocycles. The third kappa shape index (κ3) is 6.02. The second-order valence-electron chi connectivity index (χ2n) is 6.79. The van der Waals surface area contributed by atoms with Crippen LogP contribution in [0.15, 0.2) is 53.5 Å². The summed E-state index contributed by atoms with van der Waals surface area (Å²) in [4.78, 5) is 18.7. The van der Waals surface area contributed by atoms with E-state index in [1.165, 1.54) is 0 Å². The fourth-order valence-electron chi connectivity index (χ4n) is 3.27. The Hall–Kier alpha value is -2.44. The fourth-order valence-corrected chi connectivity index (χ4v) is 3.68. The summed E-state index contributed by atoms with van der Waals surface area (Å²) in [6, 6.07) is 15.2. The van der Waals surface area contributed by atoms with Gasteiger partial charge in [-0.05, 0) is 36.8 Å². The average molecular weight is 434 g/mol. The second kappa shape index (κ2) is 10.4. The number of carbonyl (C=O) groups excluding carboxylic acids is 1. The van der Waals surface area contributed by atoms with Crippen molar-refractivity contribution in [1.82, 2.24) is 16.0 Å². The SMILES string of the molecule is CN=C(NCCNC(=O)c1ccccc1Cl)NC1CCN(c2cccc(Cl)c2)C1. The highest BCUT2D eigenvalue weighted by molar-refractivity contribution is 6.33. The summed E-state index contributed by atoms with van der Waals surface area (Å²) in [5.74, 6) is 0.531. The number of aliphatic imine (C=N–C) groups is 1. The van der Waals surface area contributed by atoms with Crippen LogP contribution in [0.4, 0.5) is 5.69 Å². The van der Waals surface area contributed by atoms with Gasteiger partial charge in [-0.3, -0.25) is 9.79 Å². The number of halogens is 2. The molecule has 0 bridgehead atoms. The van der Waals surface area contributed by atoms with Gasteiger partial charge in [-0.15, -0.1) is 0 Å². The van der Waals surface area contributed by atoms with E-state index in [4.69, 9.17) is 23.2 Å². The normalized spacial score (nSPS) is 16.6. The summed E-state index contributed by atoms with van der Waals surface area (Å²) in [5.41, 5.74) is 1.61. The molecule has 6 nitrogen and oxygen atoms in total. The minimum atomic E-state index is -0.187. The van der Waals surface area contributed by atoms with Crippen LogP contribution in [0.2, 0.25) is 10.0 Å². The zero-order valence-corrected chi connectivity index (χ0v) is 17.8. The largest absolute Gasteiger partial charge is 0.369 e. The van der Waals surface area contributed by atoms with Crippen LogP contribution >= 0.6 is 23.2 Å². The summed E-state index contributed by atoms with van der Waals surface area (Å²) in [6.45, 7) is 2.86. The Balaban J connectivity index is 1.41. The molecule has 1 saturated heterocycles. The Labute approximate surface area is 181 Å².